The van der Waals surface area contributed by atoms with Crippen LogP contribution in [0.15, 0.2) is 0 Å². The second-order valence-electron chi connectivity index (χ2n) is 6.23. The van der Waals surface area contributed by atoms with Crippen LogP contribution in [0.5, 0.6) is 0 Å². The Morgan fingerprint density at radius 1 is 1.25 bits per heavy atom. The van der Waals surface area contributed by atoms with Gasteiger partial charge in [-0.3, -0.25) is 5.32 Å². The van der Waals surface area contributed by atoms with E-state index < -0.39 is 0 Å². The van der Waals surface area contributed by atoms with Gasteiger partial charge in [0.25, 0.3) is 0 Å². The average molecular weight is 227 g/mol. The molecule has 0 radical (unpaired) electrons. The van der Waals surface area contributed by atoms with E-state index in [1.165, 1.54) is 19.3 Å². The SMILES string of the molecule is CC1(C)CNC(C)(CC2CCCCO2)OC1. The van der Waals surface area contributed by atoms with Crippen LogP contribution in [-0.2, 0) is 9.47 Å². The fourth-order valence-electron chi connectivity index (χ4n) is 2.42. The van der Waals surface area contributed by atoms with Crippen LogP contribution in [0.1, 0.15) is 46.5 Å². The molecule has 3 heteroatoms. The van der Waals surface area contributed by atoms with Gasteiger partial charge >= 0.3 is 0 Å². The van der Waals surface area contributed by atoms with Gasteiger partial charge in [0.1, 0.15) is 5.72 Å². The molecule has 2 aliphatic heterocycles. The van der Waals surface area contributed by atoms with Crippen molar-refractivity contribution in [2.75, 3.05) is 19.8 Å². The highest BCUT2D eigenvalue weighted by molar-refractivity contribution is 4.87. The summed E-state index contributed by atoms with van der Waals surface area (Å²) >= 11 is 0. The molecule has 0 aromatic heterocycles. The smallest absolute Gasteiger partial charge is 0.118 e. The maximum absolute atomic E-state index is 5.99. The van der Waals surface area contributed by atoms with E-state index in [0.29, 0.717) is 6.10 Å². The molecule has 0 bridgehead atoms. The molecule has 3 nitrogen and oxygen atoms in total. The van der Waals surface area contributed by atoms with Crippen molar-refractivity contribution < 1.29 is 9.47 Å². The highest BCUT2D eigenvalue weighted by Crippen LogP contribution is 2.29. The topological polar surface area (TPSA) is 30.5 Å². The molecule has 0 aromatic carbocycles. The van der Waals surface area contributed by atoms with Gasteiger partial charge in [0, 0.05) is 25.0 Å². The Labute approximate surface area is 98.9 Å². The van der Waals surface area contributed by atoms with E-state index in [9.17, 15) is 0 Å². The summed E-state index contributed by atoms with van der Waals surface area (Å²) in [5.74, 6) is 0. The Bertz CT molecular complexity index is 224. The van der Waals surface area contributed by atoms with Gasteiger partial charge in [0.2, 0.25) is 0 Å². The predicted molar refractivity (Wildman–Crippen MR) is 64.3 cm³/mol. The molecule has 0 aromatic rings. The molecule has 94 valence electrons. The van der Waals surface area contributed by atoms with Crippen LogP contribution in [-0.4, -0.2) is 31.6 Å². The molecule has 2 rings (SSSR count). The number of hydrogen-bond donors (Lipinski definition) is 1. The van der Waals surface area contributed by atoms with Crippen molar-refractivity contribution in [3.63, 3.8) is 0 Å². The monoisotopic (exact) mass is 227 g/mol. The van der Waals surface area contributed by atoms with Gasteiger partial charge in [-0.15, -0.1) is 0 Å². The van der Waals surface area contributed by atoms with Gasteiger partial charge in [0.15, 0.2) is 0 Å². The lowest BCUT2D eigenvalue weighted by Crippen LogP contribution is -2.57. The molecule has 2 atom stereocenters. The molecular formula is C13H25NO2. The van der Waals surface area contributed by atoms with Gasteiger partial charge in [-0.1, -0.05) is 13.8 Å². The third-order valence-electron chi connectivity index (χ3n) is 3.61. The Kier molecular flexibility index (Phi) is 3.57. The number of nitrogens with one attached hydrogen (secondary N) is 1. The number of rotatable bonds is 2. The molecule has 2 heterocycles. The second-order valence-corrected chi connectivity index (χ2v) is 6.23. The van der Waals surface area contributed by atoms with Crippen LogP contribution in [0.25, 0.3) is 0 Å². The standard InChI is InChI=1S/C13H25NO2/c1-12(2)9-14-13(3,16-10-12)8-11-6-4-5-7-15-11/h11,14H,4-10H2,1-3H3. The van der Waals surface area contributed by atoms with E-state index in [0.717, 1.165) is 26.2 Å². The largest absolute Gasteiger partial charge is 0.378 e. The van der Waals surface area contributed by atoms with Crippen molar-refractivity contribution in [3.8, 4) is 0 Å². The summed E-state index contributed by atoms with van der Waals surface area (Å²) in [6.07, 6.45) is 5.06. The zero-order valence-corrected chi connectivity index (χ0v) is 10.8. The molecule has 16 heavy (non-hydrogen) atoms. The summed E-state index contributed by atoms with van der Waals surface area (Å²) in [5, 5.41) is 3.53. The lowest BCUT2D eigenvalue weighted by molar-refractivity contribution is -0.152. The Morgan fingerprint density at radius 3 is 2.62 bits per heavy atom. The van der Waals surface area contributed by atoms with Crippen LogP contribution in [0, 0.1) is 5.41 Å². The first-order valence-corrected chi connectivity index (χ1v) is 6.50. The first kappa shape index (κ1) is 12.3. The second kappa shape index (κ2) is 4.63. The Hall–Kier alpha value is -0.120. The fraction of sp³-hybridized carbons (Fsp3) is 1.00. The van der Waals surface area contributed by atoms with Crippen molar-refractivity contribution in [2.45, 2.75) is 58.3 Å². The minimum Gasteiger partial charge on any atom is -0.378 e. The highest BCUT2D eigenvalue weighted by atomic mass is 16.5. The minimum atomic E-state index is -0.183. The van der Waals surface area contributed by atoms with Crippen molar-refractivity contribution >= 4 is 0 Å². The third kappa shape index (κ3) is 3.19. The summed E-state index contributed by atoms with van der Waals surface area (Å²) in [6.45, 7) is 9.40. The van der Waals surface area contributed by atoms with E-state index in [1.807, 2.05) is 0 Å². The van der Waals surface area contributed by atoms with E-state index in [4.69, 9.17) is 9.47 Å². The summed E-state index contributed by atoms with van der Waals surface area (Å²) in [7, 11) is 0. The fourth-order valence-corrected chi connectivity index (χ4v) is 2.42. The van der Waals surface area contributed by atoms with E-state index in [-0.39, 0.29) is 11.1 Å². The normalized spacial score (nSPS) is 39.6. The number of ether oxygens (including phenoxy) is 2. The van der Waals surface area contributed by atoms with Crippen molar-refractivity contribution in [2.24, 2.45) is 5.41 Å². The van der Waals surface area contributed by atoms with Gasteiger partial charge in [-0.05, 0) is 26.2 Å². The lowest BCUT2D eigenvalue weighted by Gasteiger charge is -2.44. The third-order valence-corrected chi connectivity index (χ3v) is 3.61. The summed E-state index contributed by atoms with van der Waals surface area (Å²) in [6, 6.07) is 0. The van der Waals surface area contributed by atoms with Crippen molar-refractivity contribution in [3.05, 3.63) is 0 Å². The zero-order valence-electron chi connectivity index (χ0n) is 10.8. The molecule has 0 amide bonds. The molecular weight excluding hydrogens is 202 g/mol. The first-order chi connectivity index (χ1) is 7.49. The quantitative estimate of drug-likeness (QED) is 0.785. The van der Waals surface area contributed by atoms with Crippen molar-refractivity contribution in [1.29, 1.82) is 0 Å². The average Bonchev–Trinajstić information content (AvgIpc) is 2.25. The van der Waals surface area contributed by atoms with E-state index >= 15 is 0 Å². The molecule has 0 aliphatic carbocycles. The Balaban J connectivity index is 1.84. The lowest BCUT2D eigenvalue weighted by atomic mass is 9.90. The first-order valence-electron chi connectivity index (χ1n) is 6.50. The van der Waals surface area contributed by atoms with Gasteiger partial charge in [0.05, 0.1) is 12.7 Å². The van der Waals surface area contributed by atoms with Crippen LogP contribution in [0.4, 0.5) is 0 Å². The van der Waals surface area contributed by atoms with Crippen LogP contribution >= 0.6 is 0 Å². The molecule has 1 N–H and O–H groups in total. The van der Waals surface area contributed by atoms with Gasteiger partial charge < -0.3 is 9.47 Å². The summed E-state index contributed by atoms with van der Waals surface area (Å²) in [5.41, 5.74) is 0.0739. The molecule has 2 fully saturated rings. The van der Waals surface area contributed by atoms with E-state index in [1.54, 1.807) is 0 Å². The predicted octanol–water partition coefficient (Wildman–Crippen LogP) is 2.31. The van der Waals surface area contributed by atoms with Crippen LogP contribution in [0.2, 0.25) is 0 Å². The Morgan fingerprint density at radius 2 is 2.06 bits per heavy atom. The molecule has 0 saturated carbocycles. The maximum Gasteiger partial charge on any atom is 0.118 e. The number of hydrogen-bond acceptors (Lipinski definition) is 3. The van der Waals surface area contributed by atoms with Gasteiger partial charge in [-0.25, -0.2) is 0 Å². The van der Waals surface area contributed by atoms with E-state index in [2.05, 4.69) is 26.1 Å². The van der Waals surface area contributed by atoms with Crippen LogP contribution in [0.3, 0.4) is 0 Å². The van der Waals surface area contributed by atoms with Gasteiger partial charge in [-0.2, -0.15) is 0 Å². The molecule has 0 spiro atoms. The molecule has 2 unspecified atom stereocenters. The minimum absolute atomic E-state index is 0.183. The molecule has 2 aliphatic rings. The van der Waals surface area contributed by atoms with Crippen molar-refractivity contribution in [1.82, 2.24) is 5.32 Å². The van der Waals surface area contributed by atoms with Crippen LogP contribution < -0.4 is 5.32 Å². The summed E-state index contributed by atoms with van der Waals surface area (Å²) in [4.78, 5) is 0. The zero-order chi connectivity index (χ0) is 11.6. The highest BCUT2D eigenvalue weighted by Gasteiger charge is 2.37. The molecule has 2 saturated heterocycles. The summed E-state index contributed by atoms with van der Waals surface area (Å²) < 4.78 is 11.8. The maximum atomic E-state index is 5.99.